The third-order valence-corrected chi connectivity index (χ3v) is 1.24. The van der Waals surface area contributed by atoms with E-state index in [1.54, 1.807) is 19.2 Å². The van der Waals surface area contributed by atoms with Crippen molar-refractivity contribution in [3.8, 4) is 0 Å². The molecular formula is C7H10N2O2. The molecule has 4 nitrogen and oxygen atoms in total. The summed E-state index contributed by atoms with van der Waals surface area (Å²) in [5.74, 6) is -0.925. The van der Waals surface area contributed by atoms with Crippen LogP contribution in [0.3, 0.4) is 0 Å². The highest BCUT2D eigenvalue weighted by atomic mass is 16.4. The van der Waals surface area contributed by atoms with E-state index in [1.165, 1.54) is 6.07 Å². The molecular weight excluding hydrogens is 144 g/mol. The van der Waals surface area contributed by atoms with E-state index >= 15 is 0 Å². The number of hydrogen-bond donors (Lipinski definition) is 2. The molecule has 0 atom stereocenters. The topological polar surface area (TPSA) is 85.2 Å². The van der Waals surface area contributed by atoms with Crippen LogP contribution < -0.4 is 6.15 Å². The highest BCUT2D eigenvalue weighted by Gasteiger charge is 2.04. The number of nitrogens with zero attached hydrogens (tertiary/aromatic N) is 1. The van der Waals surface area contributed by atoms with Crippen LogP contribution in [0.25, 0.3) is 0 Å². The lowest BCUT2D eigenvalue weighted by atomic mass is 10.2. The average Bonchev–Trinajstić information content (AvgIpc) is 1.88. The van der Waals surface area contributed by atoms with Crippen LogP contribution >= 0.6 is 0 Å². The van der Waals surface area contributed by atoms with Gasteiger partial charge in [0.15, 0.2) is 0 Å². The van der Waals surface area contributed by atoms with E-state index in [4.69, 9.17) is 5.11 Å². The van der Waals surface area contributed by atoms with Gasteiger partial charge in [-0.05, 0) is 19.1 Å². The molecule has 1 heterocycles. The van der Waals surface area contributed by atoms with Crippen molar-refractivity contribution < 1.29 is 9.90 Å². The van der Waals surface area contributed by atoms with E-state index in [-0.39, 0.29) is 11.7 Å². The van der Waals surface area contributed by atoms with E-state index in [0.717, 1.165) is 0 Å². The molecule has 1 aromatic heterocycles. The molecule has 4 N–H and O–H groups in total. The first-order valence-corrected chi connectivity index (χ1v) is 2.86. The molecule has 1 aromatic rings. The Morgan fingerprint density at radius 1 is 1.64 bits per heavy atom. The highest BCUT2D eigenvalue weighted by Crippen LogP contribution is 2.01. The van der Waals surface area contributed by atoms with Crippen molar-refractivity contribution in [2.24, 2.45) is 0 Å². The summed E-state index contributed by atoms with van der Waals surface area (Å²) >= 11 is 0. The summed E-state index contributed by atoms with van der Waals surface area (Å²) in [4.78, 5) is 14.2. The molecule has 1 rings (SSSR count). The maximum atomic E-state index is 10.4. The Labute approximate surface area is 64.5 Å². The number of aromatic nitrogens is 1. The minimum absolute atomic E-state index is 0. The second-order valence-corrected chi connectivity index (χ2v) is 1.94. The molecule has 0 fully saturated rings. The molecule has 0 bridgehead atoms. The molecule has 0 aliphatic carbocycles. The molecule has 0 aromatic carbocycles. The molecule has 0 unspecified atom stereocenters. The van der Waals surface area contributed by atoms with Crippen molar-refractivity contribution in [1.82, 2.24) is 11.1 Å². The second kappa shape index (κ2) is 3.68. The van der Waals surface area contributed by atoms with Crippen LogP contribution in [0, 0.1) is 6.92 Å². The third kappa shape index (κ3) is 2.01. The van der Waals surface area contributed by atoms with Crippen LogP contribution in [0.15, 0.2) is 18.3 Å². The highest BCUT2D eigenvalue weighted by molar-refractivity contribution is 5.88. The lowest BCUT2D eigenvalue weighted by Gasteiger charge is -1.95. The van der Waals surface area contributed by atoms with Crippen molar-refractivity contribution >= 4 is 5.97 Å². The number of rotatable bonds is 1. The van der Waals surface area contributed by atoms with Gasteiger partial charge in [0.1, 0.15) is 0 Å². The van der Waals surface area contributed by atoms with E-state index in [2.05, 4.69) is 4.98 Å². The van der Waals surface area contributed by atoms with Gasteiger partial charge < -0.3 is 11.3 Å². The molecule has 0 spiro atoms. The van der Waals surface area contributed by atoms with Gasteiger partial charge in [-0.1, -0.05) is 0 Å². The molecule has 11 heavy (non-hydrogen) atoms. The molecule has 0 aliphatic rings. The SMILES string of the molecule is Cc1ncccc1C(=O)O.N. The van der Waals surface area contributed by atoms with Crippen molar-refractivity contribution in [3.63, 3.8) is 0 Å². The Balaban J connectivity index is 0.000001000. The summed E-state index contributed by atoms with van der Waals surface area (Å²) in [5, 5.41) is 8.53. The summed E-state index contributed by atoms with van der Waals surface area (Å²) in [6, 6.07) is 3.14. The van der Waals surface area contributed by atoms with Gasteiger partial charge in [-0.3, -0.25) is 4.98 Å². The first-order valence-electron chi connectivity index (χ1n) is 2.86. The molecule has 0 aliphatic heterocycles. The predicted octanol–water partition coefficient (Wildman–Crippen LogP) is 1.25. The van der Waals surface area contributed by atoms with Gasteiger partial charge in [0.2, 0.25) is 0 Å². The zero-order chi connectivity index (χ0) is 7.56. The van der Waals surface area contributed by atoms with Crippen LogP contribution in [0.1, 0.15) is 16.1 Å². The maximum absolute atomic E-state index is 10.4. The van der Waals surface area contributed by atoms with Crippen molar-refractivity contribution in [2.45, 2.75) is 6.92 Å². The van der Waals surface area contributed by atoms with Crippen LogP contribution in [-0.4, -0.2) is 16.1 Å². The number of hydrogen-bond acceptors (Lipinski definition) is 3. The smallest absolute Gasteiger partial charge is 0.337 e. The lowest BCUT2D eigenvalue weighted by molar-refractivity contribution is 0.0695. The van der Waals surface area contributed by atoms with Gasteiger partial charge in [-0.25, -0.2) is 4.79 Å². The van der Waals surface area contributed by atoms with E-state index in [0.29, 0.717) is 5.69 Å². The predicted molar refractivity (Wildman–Crippen MR) is 41.0 cm³/mol. The minimum atomic E-state index is -0.925. The number of carboxylic acid groups (broad SMARTS) is 1. The van der Waals surface area contributed by atoms with Crippen LogP contribution in [0.4, 0.5) is 0 Å². The molecule has 0 radical (unpaired) electrons. The number of aryl methyl sites for hydroxylation is 1. The maximum Gasteiger partial charge on any atom is 0.337 e. The number of carbonyl (C=O) groups is 1. The van der Waals surface area contributed by atoms with E-state index in [9.17, 15) is 4.79 Å². The molecule has 0 saturated carbocycles. The van der Waals surface area contributed by atoms with Gasteiger partial charge in [0.25, 0.3) is 0 Å². The lowest BCUT2D eigenvalue weighted by Crippen LogP contribution is -2.00. The third-order valence-electron chi connectivity index (χ3n) is 1.24. The summed E-state index contributed by atoms with van der Waals surface area (Å²) in [7, 11) is 0. The Hall–Kier alpha value is -1.42. The van der Waals surface area contributed by atoms with Crippen molar-refractivity contribution in [3.05, 3.63) is 29.6 Å². The Morgan fingerprint density at radius 3 is 2.64 bits per heavy atom. The Bertz CT molecular complexity index is 260. The van der Waals surface area contributed by atoms with Crippen molar-refractivity contribution in [2.75, 3.05) is 0 Å². The zero-order valence-electron chi connectivity index (χ0n) is 6.24. The molecule has 4 heteroatoms. The van der Waals surface area contributed by atoms with Gasteiger partial charge in [-0.15, -0.1) is 0 Å². The zero-order valence-corrected chi connectivity index (χ0v) is 6.24. The number of aromatic carboxylic acids is 1. The second-order valence-electron chi connectivity index (χ2n) is 1.94. The van der Waals surface area contributed by atoms with Crippen LogP contribution in [0.2, 0.25) is 0 Å². The fourth-order valence-electron chi connectivity index (χ4n) is 0.710. The average molecular weight is 154 g/mol. The minimum Gasteiger partial charge on any atom is -0.478 e. The summed E-state index contributed by atoms with van der Waals surface area (Å²) in [6.07, 6.45) is 1.57. The Morgan fingerprint density at radius 2 is 2.27 bits per heavy atom. The fraction of sp³-hybridized carbons (Fsp3) is 0.143. The van der Waals surface area contributed by atoms with Crippen LogP contribution in [0.5, 0.6) is 0 Å². The van der Waals surface area contributed by atoms with Gasteiger partial charge in [0, 0.05) is 6.20 Å². The summed E-state index contributed by atoms with van der Waals surface area (Å²) in [5.41, 5.74) is 0.817. The normalized spacial score (nSPS) is 8.45. The van der Waals surface area contributed by atoms with E-state index in [1.807, 2.05) is 0 Å². The van der Waals surface area contributed by atoms with Gasteiger partial charge in [0.05, 0.1) is 11.3 Å². The quantitative estimate of drug-likeness (QED) is 0.637. The summed E-state index contributed by atoms with van der Waals surface area (Å²) < 4.78 is 0. The Kier molecular flexibility index (Phi) is 3.20. The molecule has 0 saturated heterocycles. The summed E-state index contributed by atoms with van der Waals surface area (Å²) in [6.45, 7) is 1.67. The van der Waals surface area contributed by atoms with E-state index < -0.39 is 5.97 Å². The molecule has 0 amide bonds. The largest absolute Gasteiger partial charge is 0.478 e. The van der Waals surface area contributed by atoms with Gasteiger partial charge >= 0.3 is 5.97 Å². The molecule has 60 valence electrons. The van der Waals surface area contributed by atoms with Gasteiger partial charge in [-0.2, -0.15) is 0 Å². The van der Waals surface area contributed by atoms with Crippen LogP contribution in [-0.2, 0) is 0 Å². The first kappa shape index (κ1) is 9.58. The number of carboxylic acids is 1. The van der Waals surface area contributed by atoms with Crippen molar-refractivity contribution in [1.29, 1.82) is 0 Å². The number of pyridine rings is 1. The standard InChI is InChI=1S/C7H7NO2.H3N/c1-5-6(7(9)10)3-2-4-8-5;/h2-4H,1H3,(H,9,10);1H3. The monoisotopic (exact) mass is 154 g/mol. The first-order chi connectivity index (χ1) is 4.72. The fourth-order valence-corrected chi connectivity index (χ4v) is 0.710.